The van der Waals surface area contributed by atoms with Gasteiger partial charge < -0.3 is 5.32 Å². The van der Waals surface area contributed by atoms with Crippen LogP contribution in [0.5, 0.6) is 0 Å². The Bertz CT molecular complexity index is 1280. The maximum Gasteiger partial charge on any atom is 0.186 e. The van der Waals surface area contributed by atoms with Crippen molar-refractivity contribution in [3.63, 3.8) is 0 Å². The molecule has 136 valence electrons. The van der Waals surface area contributed by atoms with Crippen LogP contribution >= 0.6 is 11.6 Å². The largest absolute Gasteiger partial charge is 0.365 e. The van der Waals surface area contributed by atoms with Crippen molar-refractivity contribution in [3.05, 3.63) is 89.4 Å². The number of nitrogens with zero attached hydrogens (tertiary/aromatic N) is 4. The maximum atomic E-state index is 6.11. The molecule has 2 heterocycles. The van der Waals surface area contributed by atoms with Crippen LogP contribution < -0.4 is 5.32 Å². The molecular formula is C22H16ClN5. The second kappa shape index (κ2) is 6.94. The fourth-order valence-electron chi connectivity index (χ4n) is 3.31. The Balaban J connectivity index is 1.64. The summed E-state index contributed by atoms with van der Waals surface area (Å²) in [5.41, 5.74) is 4.51. The van der Waals surface area contributed by atoms with Crippen molar-refractivity contribution in [2.24, 2.45) is 0 Å². The first-order chi connectivity index (χ1) is 13.8. The van der Waals surface area contributed by atoms with Crippen LogP contribution in [0.15, 0.2) is 78.9 Å². The van der Waals surface area contributed by atoms with Crippen LogP contribution in [-0.4, -0.2) is 19.8 Å². The summed E-state index contributed by atoms with van der Waals surface area (Å²) in [6.45, 7) is 0.621. The van der Waals surface area contributed by atoms with E-state index in [-0.39, 0.29) is 0 Å². The molecule has 6 heteroatoms. The van der Waals surface area contributed by atoms with Gasteiger partial charge in [0.05, 0.1) is 5.52 Å². The van der Waals surface area contributed by atoms with Crippen molar-refractivity contribution >= 4 is 34.0 Å². The van der Waals surface area contributed by atoms with Gasteiger partial charge in [-0.2, -0.15) is 4.52 Å². The number of para-hydroxylation sites is 1. The number of hydrogen-bond acceptors (Lipinski definition) is 4. The second-order valence-corrected chi connectivity index (χ2v) is 6.94. The summed E-state index contributed by atoms with van der Waals surface area (Å²) in [6, 6.07) is 25.8. The number of fused-ring (bicyclic) bond motifs is 3. The van der Waals surface area contributed by atoms with Crippen LogP contribution in [0.4, 0.5) is 5.82 Å². The minimum absolute atomic E-state index is 0.621. The van der Waals surface area contributed by atoms with Crippen LogP contribution in [-0.2, 0) is 6.54 Å². The molecule has 0 bridgehead atoms. The van der Waals surface area contributed by atoms with Gasteiger partial charge >= 0.3 is 0 Å². The highest BCUT2D eigenvalue weighted by molar-refractivity contribution is 6.30. The predicted molar refractivity (Wildman–Crippen MR) is 113 cm³/mol. The summed E-state index contributed by atoms with van der Waals surface area (Å²) < 4.78 is 1.79. The SMILES string of the molecule is Clc1cccc(CNc2nc3c(-c4ccccc4)nnn3c3ccccc23)c1. The van der Waals surface area contributed by atoms with Gasteiger partial charge in [-0.25, -0.2) is 4.98 Å². The Kier molecular flexibility index (Phi) is 4.14. The molecule has 3 aromatic carbocycles. The molecule has 0 amide bonds. The van der Waals surface area contributed by atoms with Crippen LogP contribution in [0, 0.1) is 0 Å². The monoisotopic (exact) mass is 385 g/mol. The summed E-state index contributed by atoms with van der Waals surface area (Å²) in [5.74, 6) is 0.794. The second-order valence-electron chi connectivity index (χ2n) is 6.50. The first-order valence-electron chi connectivity index (χ1n) is 8.97. The highest BCUT2D eigenvalue weighted by Gasteiger charge is 2.15. The van der Waals surface area contributed by atoms with Crippen molar-refractivity contribution in [2.75, 3.05) is 5.32 Å². The number of halogens is 1. The normalized spacial score (nSPS) is 11.2. The van der Waals surface area contributed by atoms with Crippen LogP contribution in [0.1, 0.15) is 5.56 Å². The molecule has 0 aliphatic heterocycles. The zero-order chi connectivity index (χ0) is 18.9. The average Bonchev–Trinajstić information content (AvgIpc) is 3.17. The van der Waals surface area contributed by atoms with Crippen molar-refractivity contribution < 1.29 is 0 Å². The third kappa shape index (κ3) is 2.96. The van der Waals surface area contributed by atoms with E-state index in [9.17, 15) is 0 Å². The minimum Gasteiger partial charge on any atom is -0.365 e. The van der Waals surface area contributed by atoms with E-state index in [0.29, 0.717) is 6.54 Å². The average molecular weight is 386 g/mol. The van der Waals surface area contributed by atoms with E-state index < -0.39 is 0 Å². The number of anilines is 1. The van der Waals surface area contributed by atoms with E-state index in [0.717, 1.165) is 44.2 Å². The Morgan fingerprint density at radius 1 is 0.893 bits per heavy atom. The van der Waals surface area contributed by atoms with E-state index in [4.69, 9.17) is 16.6 Å². The highest BCUT2D eigenvalue weighted by Crippen LogP contribution is 2.28. The highest BCUT2D eigenvalue weighted by atomic mass is 35.5. The van der Waals surface area contributed by atoms with Crippen molar-refractivity contribution in [1.29, 1.82) is 0 Å². The number of aromatic nitrogens is 4. The summed E-state index contributed by atoms with van der Waals surface area (Å²) >= 11 is 6.11. The Morgan fingerprint density at radius 3 is 2.57 bits per heavy atom. The minimum atomic E-state index is 0.621. The van der Waals surface area contributed by atoms with Gasteiger partial charge in [0, 0.05) is 22.5 Å². The topological polar surface area (TPSA) is 55.1 Å². The lowest BCUT2D eigenvalue weighted by atomic mass is 10.1. The molecule has 0 atom stereocenters. The molecule has 0 fully saturated rings. The molecule has 0 saturated carbocycles. The lowest BCUT2D eigenvalue weighted by molar-refractivity contribution is 0.876. The molecule has 0 saturated heterocycles. The molecule has 5 nitrogen and oxygen atoms in total. The fraction of sp³-hybridized carbons (Fsp3) is 0.0455. The van der Waals surface area contributed by atoms with Gasteiger partial charge in [-0.05, 0) is 29.8 Å². The molecule has 0 aliphatic carbocycles. The molecule has 0 aliphatic rings. The molecule has 5 aromatic rings. The van der Waals surface area contributed by atoms with Crippen LogP contribution in [0.3, 0.4) is 0 Å². The van der Waals surface area contributed by atoms with Gasteiger partial charge in [-0.3, -0.25) is 0 Å². The first kappa shape index (κ1) is 16.7. The van der Waals surface area contributed by atoms with Crippen molar-refractivity contribution in [2.45, 2.75) is 6.54 Å². The molecule has 5 rings (SSSR count). The summed E-state index contributed by atoms with van der Waals surface area (Å²) in [7, 11) is 0. The number of hydrogen-bond donors (Lipinski definition) is 1. The molecule has 0 unspecified atom stereocenters. The summed E-state index contributed by atoms with van der Waals surface area (Å²) in [6.07, 6.45) is 0. The van der Waals surface area contributed by atoms with E-state index >= 15 is 0 Å². The van der Waals surface area contributed by atoms with Gasteiger partial charge in [0.25, 0.3) is 0 Å². The third-order valence-electron chi connectivity index (χ3n) is 4.65. The van der Waals surface area contributed by atoms with Gasteiger partial charge in [-0.1, -0.05) is 71.4 Å². The lowest BCUT2D eigenvalue weighted by Crippen LogP contribution is -2.05. The third-order valence-corrected chi connectivity index (χ3v) is 4.88. The van der Waals surface area contributed by atoms with Gasteiger partial charge in [0.15, 0.2) is 5.65 Å². The smallest absolute Gasteiger partial charge is 0.186 e. The van der Waals surface area contributed by atoms with E-state index in [2.05, 4.69) is 15.6 Å². The van der Waals surface area contributed by atoms with Crippen LogP contribution in [0.2, 0.25) is 5.02 Å². The Hall–Kier alpha value is -3.44. The Labute approximate surface area is 166 Å². The van der Waals surface area contributed by atoms with Crippen LogP contribution in [0.25, 0.3) is 27.8 Å². The zero-order valence-corrected chi connectivity index (χ0v) is 15.6. The molecular weight excluding hydrogens is 370 g/mol. The quantitative estimate of drug-likeness (QED) is 0.461. The van der Waals surface area contributed by atoms with Gasteiger partial charge in [-0.15, -0.1) is 5.10 Å². The maximum absolute atomic E-state index is 6.11. The molecule has 0 spiro atoms. The molecule has 28 heavy (non-hydrogen) atoms. The van der Waals surface area contributed by atoms with E-state index in [1.807, 2.05) is 78.9 Å². The predicted octanol–water partition coefficient (Wildman–Crippen LogP) is 5.21. The number of nitrogens with one attached hydrogen (secondary N) is 1. The molecule has 0 radical (unpaired) electrons. The summed E-state index contributed by atoms with van der Waals surface area (Å²) in [4.78, 5) is 4.87. The fourth-order valence-corrected chi connectivity index (χ4v) is 3.53. The van der Waals surface area contributed by atoms with Gasteiger partial charge in [0.1, 0.15) is 11.5 Å². The first-order valence-corrected chi connectivity index (χ1v) is 9.35. The summed E-state index contributed by atoms with van der Waals surface area (Å²) in [5, 5.41) is 13.9. The zero-order valence-electron chi connectivity index (χ0n) is 14.9. The Morgan fingerprint density at radius 2 is 1.71 bits per heavy atom. The molecule has 1 N–H and O–H groups in total. The van der Waals surface area contributed by atoms with E-state index in [1.165, 1.54) is 0 Å². The van der Waals surface area contributed by atoms with Gasteiger partial charge in [0.2, 0.25) is 0 Å². The standard InChI is InChI=1S/C22H16ClN5/c23-17-10-6-7-15(13-17)14-24-21-18-11-4-5-12-19(18)28-22(25-21)20(26-27-28)16-8-2-1-3-9-16/h1-13H,14H2,(H,24,25). The van der Waals surface area contributed by atoms with Crippen molar-refractivity contribution in [3.8, 4) is 11.3 Å². The molecule has 2 aromatic heterocycles. The number of rotatable bonds is 4. The van der Waals surface area contributed by atoms with E-state index in [1.54, 1.807) is 4.52 Å². The number of benzene rings is 3. The van der Waals surface area contributed by atoms with Crippen molar-refractivity contribution in [1.82, 2.24) is 19.8 Å². The lowest BCUT2D eigenvalue weighted by Gasteiger charge is -2.11.